The summed E-state index contributed by atoms with van der Waals surface area (Å²) in [5.41, 5.74) is 6.31. The normalized spacial score (nSPS) is 12.7. The van der Waals surface area contributed by atoms with Crippen LogP contribution in [0.5, 0.6) is 0 Å². The Kier molecular flexibility index (Phi) is 4.05. The zero-order chi connectivity index (χ0) is 14.0. The maximum Gasteiger partial charge on any atom is 0.0952 e. The Bertz CT molecular complexity index is 549. The quantitative estimate of drug-likeness (QED) is 0.912. The molecule has 3 heteroatoms. The molecule has 19 heavy (non-hydrogen) atoms. The Labute approximate surface area is 115 Å². The van der Waals surface area contributed by atoms with Crippen LogP contribution in [0.25, 0.3) is 0 Å². The standard InChI is InChI=1S/C16H23N3/c1-11-6-12(2)8-15(7-11)16(17-5)9-19-10-18-13(3)14(19)4/h6-8,10,16-17H,9H2,1-5H3. The molecule has 1 heterocycles. The summed E-state index contributed by atoms with van der Waals surface area (Å²) < 4.78 is 2.22. The molecule has 2 aromatic rings. The third-order valence-electron chi connectivity index (χ3n) is 3.72. The lowest BCUT2D eigenvalue weighted by molar-refractivity contribution is 0.494. The van der Waals surface area contributed by atoms with E-state index in [0.717, 1.165) is 12.2 Å². The number of nitrogens with one attached hydrogen (secondary N) is 1. The molecule has 0 aliphatic rings. The topological polar surface area (TPSA) is 29.9 Å². The van der Waals surface area contributed by atoms with Gasteiger partial charge in [-0.1, -0.05) is 29.3 Å². The molecule has 1 atom stereocenters. The molecule has 0 saturated heterocycles. The Morgan fingerprint density at radius 3 is 2.21 bits per heavy atom. The highest BCUT2D eigenvalue weighted by atomic mass is 15.1. The van der Waals surface area contributed by atoms with Gasteiger partial charge in [-0.25, -0.2) is 4.98 Å². The van der Waals surface area contributed by atoms with E-state index < -0.39 is 0 Å². The molecule has 1 unspecified atom stereocenters. The lowest BCUT2D eigenvalue weighted by atomic mass is 10.0. The van der Waals surface area contributed by atoms with Gasteiger partial charge in [-0.2, -0.15) is 0 Å². The molecule has 1 aromatic carbocycles. The largest absolute Gasteiger partial charge is 0.333 e. The molecule has 1 N–H and O–H groups in total. The fourth-order valence-electron chi connectivity index (χ4n) is 2.50. The summed E-state index contributed by atoms with van der Waals surface area (Å²) in [6, 6.07) is 7.04. The average molecular weight is 257 g/mol. The number of aromatic nitrogens is 2. The number of benzene rings is 1. The van der Waals surface area contributed by atoms with Gasteiger partial charge in [-0.15, -0.1) is 0 Å². The van der Waals surface area contributed by atoms with E-state index in [-0.39, 0.29) is 0 Å². The fraction of sp³-hybridized carbons (Fsp3) is 0.438. The zero-order valence-electron chi connectivity index (χ0n) is 12.5. The highest BCUT2D eigenvalue weighted by molar-refractivity contribution is 5.30. The molecule has 2 rings (SSSR count). The highest BCUT2D eigenvalue weighted by Crippen LogP contribution is 2.19. The van der Waals surface area contributed by atoms with Crippen molar-refractivity contribution in [2.75, 3.05) is 7.05 Å². The number of likely N-dealkylation sites (N-methyl/N-ethyl adjacent to an activating group) is 1. The summed E-state index contributed by atoms with van der Waals surface area (Å²) in [4.78, 5) is 4.37. The van der Waals surface area contributed by atoms with Crippen LogP contribution in [0.3, 0.4) is 0 Å². The molecule has 1 aromatic heterocycles. The second-order valence-corrected chi connectivity index (χ2v) is 5.33. The average Bonchev–Trinajstić information content (AvgIpc) is 2.66. The van der Waals surface area contributed by atoms with Crippen molar-refractivity contribution in [3.8, 4) is 0 Å². The third-order valence-corrected chi connectivity index (χ3v) is 3.72. The second kappa shape index (κ2) is 5.57. The lowest BCUT2D eigenvalue weighted by Crippen LogP contribution is -2.22. The zero-order valence-corrected chi connectivity index (χ0v) is 12.5. The van der Waals surface area contributed by atoms with Crippen molar-refractivity contribution in [2.24, 2.45) is 0 Å². The Hall–Kier alpha value is -1.61. The van der Waals surface area contributed by atoms with Crippen molar-refractivity contribution in [3.05, 3.63) is 52.6 Å². The van der Waals surface area contributed by atoms with E-state index in [2.05, 4.69) is 60.8 Å². The van der Waals surface area contributed by atoms with Crippen molar-refractivity contribution in [2.45, 2.75) is 40.3 Å². The van der Waals surface area contributed by atoms with Crippen LogP contribution in [0.4, 0.5) is 0 Å². The van der Waals surface area contributed by atoms with Crippen molar-refractivity contribution in [1.29, 1.82) is 0 Å². The van der Waals surface area contributed by atoms with Crippen LogP contribution in [0, 0.1) is 27.7 Å². The molecular weight excluding hydrogens is 234 g/mol. The summed E-state index contributed by atoms with van der Waals surface area (Å²) in [5.74, 6) is 0. The van der Waals surface area contributed by atoms with Crippen LogP contribution in [-0.4, -0.2) is 16.6 Å². The van der Waals surface area contributed by atoms with Gasteiger partial charge in [0.2, 0.25) is 0 Å². The monoisotopic (exact) mass is 257 g/mol. The molecule has 102 valence electrons. The predicted molar refractivity (Wildman–Crippen MR) is 79.4 cm³/mol. The van der Waals surface area contributed by atoms with Crippen molar-refractivity contribution in [1.82, 2.24) is 14.9 Å². The van der Waals surface area contributed by atoms with Gasteiger partial charge >= 0.3 is 0 Å². The van der Waals surface area contributed by atoms with Gasteiger partial charge in [-0.3, -0.25) is 0 Å². The lowest BCUT2D eigenvalue weighted by Gasteiger charge is -2.19. The Balaban J connectivity index is 2.27. The van der Waals surface area contributed by atoms with E-state index in [4.69, 9.17) is 0 Å². The molecule has 3 nitrogen and oxygen atoms in total. The van der Waals surface area contributed by atoms with Crippen molar-refractivity contribution >= 4 is 0 Å². The Morgan fingerprint density at radius 2 is 1.74 bits per heavy atom. The number of aryl methyl sites for hydroxylation is 3. The predicted octanol–water partition coefficient (Wildman–Crippen LogP) is 3.08. The number of imidazole rings is 1. The van der Waals surface area contributed by atoms with E-state index in [1.807, 2.05) is 13.4 Å². The maximum atomic E-state index is 4.37. The van der Waals surface area contributed by atoms with Crippen LogP contribution in [0.15, 0.2) is 24.5 Å². The fourth-order valence-corrected chi connectivity index (χ4v) is 2.50. The van der Waals surface area contributed by atoms with Crippen molar-refractivity contribution < 1.29 is 0 Å². The van der Waals surface area contributed by atoms with Crippen LogP contribution < -0.4 is 5.32 Å². The van der Waals surface area contributed by atoms with Crippen molar-refractivity contribution in [3.63, 3.8) is 0 Å². The highest BCUT2D eigenvalue weighted by Gasteiger charge is 2.12. The molecule has 0 amide bonds. The van der Waals surface area contributed by atoms with E-state index in [1.54, 1.807) is 0 Å². The van der Waals surface area contributed by atoms with E-state index in [9.17, 15) is 0 Å². The van der Waals surface area contributed by atoms with Gasteiger partial charge < -0.3 is 9.88 Å². The maximum absolute atomic E-state index is 4.37. The molecule has 0 radical (unpaired) electrons. The number of hydrogen-bond donors (Lipinski definition) is 1. The van der Waals surface area contributed by atoms with Crippen LogP contribution in [-0.2, 0) is 6.54 Å². The van der Waals surface area contributed by atoms with Gasteiger partial charge in [0, 0.05) is 12.2 Å². The van der Waals surface area contributed by atoms with E-state index in [1.165, 1.54) is 22.4 Å². The van der Waals surface area contributed by atoms with Crippen LogP contribution in [0.2, 0.25) is 0 Å². The van der Waals surface area contributed by atoms with E-state index in [0.29, 0.717) is 6.04 Å². The summed E-state index contributed by atoms with van der Waals surface area (Å²) in [6.45, 7) is 9.38. The first-order valence-electron chi connectivity index (χ1n) is 6.75. The van der Waals surface area contributed by atoms with Gasteiger partial charge in [0.05, 0.1) is 18.1 Å². The minimum absolute atomic E-state index is 0.311. The molecule has 0 aliphatic carbocycles. The summed E-state index contributed by atoms with van der Waals surface area (Å²) >= 11 is 0. The first-order chi connectivity index (χ1) is 9.01. The van der Waals surface area contributed by atoms with Gasteiger partial charge in [-0.05, 0) is 40.3 Å². The molecule has 0 spiro atoms. The molecule has 0 aliphatic heterocycles. The summed E-state index contributed by atoms with van der Waals surface area (Å²) in [5, 5.41) is 3.41. The summed E-state index contributed by atoms with van der Waals surface area (Å²) in [7, 11) is 2.02. The van der Waals surface area contributed by atoms with Gasteiger partial charge in [0.1, 0.15) is 0 Å². The SMILES string of the molecule is CNC(Cn1cnc(C)c1C)c1cc(C)cc(C)c1. The number of rotatable bonds is 4. The van der Waals surface area contributed by atoms with Crippen LogP contribution in [0.1, 0.15) is 34.1 Å². The van der Waals surface area contributed by atoms with Gasteiger partial charge in [0.15, 0.2) is 0 Å². The number of nitrogens with zero attached hydrogens (tertiary/aromatic N) is 2. The minimum atomic E-state index is 0.311. The second-order valence-electron chi connectivity index (χ2n) is 5.33. The molecule has 0 bridgehead atoms. The molecule has 0 saturated carbocycles. The first kappa shape index (κ1) is 13.8. The Morgan fingerprint density at radius 1 is 1.11 bits per heavy atom. The smallest absolute Gasteiger partial charge is 0.0952 e. The van der Waals surface area contributed by atoms with Gasteiger partial charge in [0.25, 0.3) is 0 Å². The summed E-state index contributed by atoms with van der Waals surface area (Å²) in [6.07, 6.45) is 1.93. The number of hydrogen-bond acceptors (Lipinski definition) is 2. The first-order valence-corrected chi connectivity index (χ1v) is 6.75. The third kappa shape index (κ3) is 3.04. The van der Waals surface area contributed by atoms with E-state index >= 15 is 0 Å². The molecule has 0 fully saturated rings. The van der Waals surface area contributed by atoms with Crippen LogP contribution >= 0.6 is 0 Å². The molecular formula is C16H23N3. The minimum Gasteiger partial charge on any atom is -0.333 e.